The molecule has 1 fully saturated rings. The Kier molecular flexibility index (Phi) is 3.83. The molecule has 104 valence electrons. The van der Waals surface area contributed by atoms with Gasteiger partial charge in [0.2, 0.25) is 0 Å². The summed E-state index contributed by atoms with van der Waals surface area (Å²) in [5.74, 6) is 1.17. The first-order chi connectivity index (χ1) is 9.08. The van der Waals surface area contributed by atoms with E-state index in [0.717, 1.165) is 30.8 Å². The van der Waals surface area contributed by atoms with Gasteiger partial charge >= 0.3 is 0 Å². The summed E-state index contributed by atoms with van der Waals surface area (Å²) in [5.41, 5.74) is 6.90. The fourth-order valence-electron chi connectivity index (χ4n) is 2.43. The molecule has 0 unspecified atom stereocenters. The number of hydrogen-bond donors (Lipinski definition) is 2. The second kappa shape index (κ2) is 5.38. The minimum absolute atomic E-state index is 0.161. The zero-order chi connectivity index (χ0) is 13.9. The number of nitrogens with two attached hydrogens (primary N) is 1. The van der Waals surface area contributed by atoms with Crippen LogP contribution in [0.3, 0.4) is 0 Å². The number of rotatable bonds is 6. The second-order valence-corrected chi connectivity index (χ2v) is 5.33. The molecule has 1 aliphatic carbocycles. The molecule has 5 nitrogen and oxygen atoms in total. The minimum Gasteiger partial charge on any atom is -0.497 e. The lowest BCUT2D eigenvalue weighted by Gasteiger charge is -2.25. The van der Waals surface area contributed by atoms with E-state index >= 15 is 0 Å². The Morgan fingerprint density at radius 3 is 2.84 bits per heavy atom. The first kappa shape index (κ1) is 13.5. The van der Waals surface area contributed by atoms with E-state index in [4.69, 9.17) is 15.7 Å². The summed E-state index contributed by atoms with van der Waals surface area (Å²) in [6.45, 7) is 0.899. The van der Waals surface area contributed by atoms with Crippen LogP contribution < -0.4 is 15.4 Å². The molecule has 3 N–H and O–H groups in total. The third kappa shape index (κ3) is 3.30. The third-order valence-electron chi connectivity index (χ3n) is 3.71. The second-order valence-electron chi connectivity index (χ2n) is 5.33. The SMILES string of the molecule is COc1cccc(N(C)CC2(CC(N)=NO)CC2)c1. The number of nitrogens with zero attached hydrogens (tertiary/aromatic N) is 2. The zero-order valence-electron chi connectivity index (χ0n) is 11.5. The summed E-state index contributed by atoms with van der Waals surface area (Å²) in [7, 11) is 3.72. The quantitative estimate of drug-likeness (QED) is 0.356. The summed E-state index contributed by atoms with van der Waals surface area (Å²) in [6, 6.07) is 7.98. The van der Waals surface area contributed by atoms with Crippen LogP contribution in [0.2, 0.25) is 0 Å². The topological polar surface area (TPSA) is 71.1 Å². The van der Waals surface area contributed by atoms with E-state index in [9.17, 15) is 0 Å². The highest BCUT2D eigenvalue weighted by molar-refractivity contribution is 5.80. The maximum atomic E-state index is 8.68. The Hall–Kier alpha value is -1.91. The van der Waals surface area contributed by atoms with Crippen molar-refractivity contribution in [1.82, 2.24) is 0 Å². The number of anilines is 1. The van der Waals surface area contributed by atoms with Crippen molar-refractivity contribution in [2.75, 3.05) is 25.6 Å². The molecule has 0 bridgehead atoms. The third-order valence-corrected chi connectivity index (χ3v) is 3.71. The fraction of sp³-hybridized carbons (Fsp3) is 0.500. The molecular weight excluding hydrogens is 242 g/mol. The Labute approximate surface area is 113 Å². The van der Waals surface area contributed by atoms with Crippen LogP contribution in [0.15, 0.2) is 29.4 Å². The molecule has 0 spiro atoms. The van der Waals surface area contributed by atoms with Gasteiger partial charge in [-0.3, -0.25) is 0 Å². The predicted octanol–water partition coefficient (Wildman–Crippen LogP) is 2.05. The predicted molar refractivity (Wildman–Crippen MR) is 76.0 cm³/mol. The van der Waals surface area contributed by atoms with E-state index in [1.54, 1.807) is 7.11 Å². The van der Waals surface area contributed by atoms with E-state index < -0.39 is 0 Å². The Morgan fingerprint density at radius 1 is 1.53 bits per heavy atom. The number of hydrogen-bond acceptors (Lipinski definition) is 4. The molecule has 0 aromatic heterocycles. The minimum atomic E-state index is 0.161. The van der Waals surface area contributed by atoms with Crippen LogP contribution in [0.5, 0.6) is 5.75 Å². The summed E-state index contributed by atoms with van der Waals surface area (Å²) in [5, 5.41) is 11.8. The van der Waals surface area contributed by atoms with Crippen molar-refractivity contribution in [1.29, 1.82) is 0 Å². The van der Waals surface area contributed by atoms with Crippen molar-refractivity contribution in [2.45, 2.75) is 19.3 Å². The molecule has 0 radical (unpaired) electrons. The maximum absolute atomic E-state index is 8.68. The number of benzene rings is 1. The van der Waals surface area contributed by atoms with Crippen molar-refractivity contribution in [3.05, 3.63) is 24.3 Å². The zero-order valence-corrected chi connectivity index (χ0v) is 11.5. The Bertz CT molecular complexity index is 470. The average molecular weight is 263 g/mol. The molecule has 0 aliphatic heterocycles. The van der Waals surface area contributed by atoms with Crippen LogP contribution in [0.25, 0.3) is 0 Å². The molecule has 5 heteroatoms. The Balaban J connectivity index is 2.02. The van der Waals surface area contributed by atoms with E-state index in [-0.39, 0.29) is 5.41 Å². The summed E-state index contributed by atoms with van der Waals surface area (Å²) < 4.78 is 5.23. The van der Waals surface area contributed by atoms with E-state index in [1.807, 2.05) is 18.2 Å². The lowest BCUT2D eigenvalue weighted by molar-refractivity contribution is 0.314. The highest BCUT2D eigenvalue weighted by Gasteiger charge is 2.44. The molecule has 0 amide bonds. The monoisotopic (exact) mass is 263 g/mol. The van der Waals surface area contributed by atoms with Gasteiger partial charge in [0.1, 0.15) is 11.6 Å². The molecule has 1 saturated carbocycles. The molecular formula is C14H21N3O2. The van der Waals surface area contributed by atoms with Crippen molar-refractivity contribution >= 4 is 11.5 Å². The van der Waals surface area contributed by atoms with Gasteiger partial charge in [-0.15, -0.1) is 0 Å². The van der Waals surface area contributed by atoms with Crippen molar-refractivity contribution in [2.24, 2.45) is 16.3 Å². The largest absolute Gasteiger partial charge is 0.497 e. The number of oxime groups is 1. The first-order valence-corrected chi connectivity index (χ1v) is 6.40. The molecule has 1 aromatic rings. The molecule has 0 saturated heterocycles. The highest BCUT2D eigenvalue weighted by Crippen LogP contribution is 2.49. The standard InChI is InChI=1S/C14H21N3O2/c1-17(11-4-3-5-12(8-11)19-2)10-14(6-7-14)9-13(15)16-18/h3-5,8,18H,6-7,9-10H2,1-2H3,(H2,15,16). The normalized spacial score (nSPS) is 17.1. The van der Waals surface area contributed by atoms with Crippen molar-refractivity contribution < 1.29 is 9.94 Å². The van der Waals surface area contributed by atoms with Crippen LogP contribution in [0.1, 0.15) is 19.3 Å². The van der Waals surface area contributed by atoms with Crippen molar-refractivity contribution in [3.63, 3.8) is 0 Å². The molecule has 1 aliphatic rings. The van der Waals surface area contributed by atoms with Gasteiger partial charge in [0.25, 0.3) is 0 Å². The summed E-state index contributed by atoms with van der Waals surface area (Å²) in [4.78, 5) is 2.19. The van der Waals surface area contributed by atoms with E-state index in [0.29, 0.717) is 12.3 Å². The average Bonchev–Trinajstić information content (AvgIpc) is 3.17. The van der Waals surface area contributed by atoms with E-state index in [1.165, 1.54) is 0 Å². The van der Waals surface area contributed by atoms with Gasteiger partial charge < -0.3 is 20.6 Å². The van der Waals surface area contributed by atoms with Gasteiger partial charge in [-0.1, -0.05) is 11.2 Å². The molecule has 2 rings (SSSR count). The summed E-state index contributed by atoms with van der Waals surface area (Å²) >= 11 is 0. The van der Waals surface area contributed by atoms with Gasteiger partial charge in [0.05, 0.1) is 7.11 Å². The van der Waals surface area contributed by atoms with Gasteiger partial charge in [0, 0.05) is 31.8 Å². The van der Waals surface area contributed by atoms with Crippen LogP contribution in [0.4, 0.5) is 5.69 Å². The first-order valence-electron chi connectivity index (χ1n) is 6.40. The van der Waals surface area contributed by atoms with Gasteiger partial charge in [-0.25, -0.2) is 0 Å². The maximum Gasteiger partial charge on any atom is 0.139 e. The van der Waals surface area contributed by atoms with Gasteiger partial charge in [0.15, 0.2) is 0 Å². The van der Waals surface area contributed by atoms with E-state index in [2.05, 4.69) is 23.2 Å². The number of methoxy groups -OCH3 is 1. The van der Waals surface area contributed by atoms with Crippen LogP contribution in [0, 0.1) is 5.41 Å². The smallest absolute Gasteiger partial charge is 0.139 e. The van der Waals surface area contributed by atoms with Crippen LogP contribution >= 0.6 is 0 Å². The molecule has 0 heterocycles. The van der Waals surface area contributed by atoms with Crippen LogP contribution in [-0.4, -0.2) is 31.7 Å². The molecule has 1 aromatic carbocycles. The molecule has 19 heavy (non-hydrogen) atoms. The fourth-order valence-corrected chi connectivity index (χ4v) is 2.43. The van der Waals surface area contributed by atoms with Gasteiger partial charge in [-0.2, -0.15) is 0 Å². The lowest BCUT2D eigenvalue weighted by atomic mass is 10.0. The number of ether oxygens (including phenoxy) is 1. The number of amidine groups is 1. The molecule has 0 atom stereocenters. The highest BCUT2D eigenvalue weighted by atomic mass is 16.5. The summed E-state index contributed by atoms with van der Waals surface area (Å²) in [6.07, 6.45) is 2.90. The van der Waals surface area contributed by atoms with Crippen molar-refractivity contribution in [3.8, 4) is 5.75 Å². The lowest BCUT2D eigenvalue weighted by Crippen LogP contribution is -2.30. The van der Waals surface area contributed by atoms with Gasteiger partial charge in [-0.05, 0) is 30.4 Å². The Morgan fingerprint density at radius 2 is 2.26 bits per heavy atom. The van der Waals surface area contributed by atoms with Crippen LogP contribution in [-0.2, 0) is 0 Å².